The van der Waals surface area contributed by atoms with E-state index in [-0.39, 0.29) is 0 Å². The van der Waals surface area contributed by atoms with Gasteiger partial charge in [0.25, 0.3) is 0 Å². The molecule has 2 aromatic rings. The van der Waals surface area contributed by atoms with Crippen molar-refractivity contribution in [3.8, 4) is 0 Å². The molecule has 0 saturated heterocycles. The second-order valence-electron chi connectivity index (χ2n) is 5.35. The highest BCUT2D eigenvalue weighted by molar-refractivity contribution is 7.99. The molecular formula is C17H24N4S2. The minimum atomic E-state index is 0.773. The SMILES string of the molecule is CN=C(NCCSc1ccc(C)cc1)N(C)Cc1csc(C)n1. The van der Waals surface area contributed by atoms with Crippen molar-refractivity contribution < 1.29 is 0 Å². The summed E-state index contributed by atoms with van der Waals surface area (Å²) < 4.78 is 0. The Kier molecular flexibility index (Phi) is 6.92. The highest BCUT2D eigenvalue weighted by Crippen LogP contribution is 2.17. The molecule has 2 rings (SSSR count). The maximum Gasteiger partial charge on any atom is 0.193 e. The van der Waals surface area contributed by atoms with Crippen molar-refractivity contribution >= 4 is 29.1 Å². The number of rotatable bonds is 6. The summed E-state index contributed by atoms with van der Waals surface area (Å²) in [6.07, 6.45) is 0. The molecule has 0 aliphatic carbocycles. The molecule has 0 amide bonds. The van der Waals surface area contributed by atoms with Crippen molar-refractivity contribution in [3.05, 3.63) is 45.9 Å². The Bertz CT molecular complexity index is 634. The third kappa shape index (κ3) is 5.88. The molecule has 0 radical (unpaired) electrons. The van der Waals surface area contributed by atoms with Crippen LogP contribution in [0.1, 0.15) is 16.3 Å². The van der Waals surface area contributed by atoms with E-state index in [0.717, 1.165) is 35.5 Å². The van der Waals surface area contributed by atoms with Gasteiger partial charge in [0.05, 0.1) is 17.2 Å². The van der Waals surface area contributed by atoms with Gasteiger partial charge in [-0.2, -0.15) is 0 Å². The lowest BCUT2D eigenvalue weighted by atomic mass is 10.2. The first-order valence-electron chi connectivity index (χ1n) is 7.60. The summed E-state index contributed by atoms with van der Waals surface area (Å²) in [6, 6.07) is 8.65. The van der Waals surface area contributed by atoms with E-state index in [0.29, 0.717) is 0 Å². The Hall–Kier alpha value is -1.53. The Morgan fingerprint density at radius 3 is 2.65 bits per heavy atom. The highest BCUT2D eigenvalue weighted by Gasteiger charge is 2.08. The van der Waals surface area contributed by atoms with Crippen molar-refractivity contribution in [2.24, 2.45) is 4.99 Å². The molecule has 0 fully saturated rings. The van der Waals surface area contributed by atoms with Crippen LogP contribution in [0.25, 0.3) is 0 Å². The van der Waals surface area contributed by atoms with E-state index in [1.165, 1.54) is 10.5 Å². The lowest BCUT2D eigenvalue weighted by Crippen LogP contribution is -2.39. The minimum Gasteiger partial charge on any atom is -0.355 e. The maximum atomic E-state index is 4.50. The molecule has 0 bridgehead atoms. The average Bonchev–Trinajstić information content (AvgIpc) is 2.94. The van der Waals surface area contributed by atoms with Crippen molar-refractivity contribution in [1.29, 1.82) is 0 Å². The van der Waals surface area contributed by atoms with E-state index in [1.54, 1.807) is 11.3 Å². The molecule has 0 unspecified atom stereocenters. The molecular weight excluding hydrogens is 324 g/mol. The number of thiazole rings is 1. The van der Waals surface area contributed by atoms with Crippen molar-refractivity contribution in [3.63, 3.8) is 0 Å². The molecule has 0 saturated carbocycles. The van der Waals surface area contributed by atoms with Crippen LogP contribution >= 0.6 is 23.1 Å². The van der Waals surface area contributed by atoms with Crippen LogP contribution in [0.2, 0.25) is 0 Å². The fraction of sp³-hybridized carbons (Fsp3) is 0.412. The van der Waals surface area contributed by atoms with Crippen LogP contribution in [-0.2, 0) is 6.54 Å². The van der Waals surface area contributed by atoms with E-state index in [1.807, 2.05) is 32.8 Å². The van der Waals surface area contributed by atoms with Gasteiger partial charge in [0.15, 0.2) is 5.96 Å². The van der Waals surface area contributed by atoms with Crippen LogP contribution in [0.5, 0.6) is 0 Å². The Morgan fingerprint density at radius 1 is 1.30 bits per heavy atom. The topological polar surface area (TPSA) is 40.5 Å². The van der Waals surface area contributed by atoms with Gasteiger partial charge in [0, 0.05) is 36.7 Å². The molecule has 23 heavy (non-hydrogen) atoms. The number of aromatic nitrogens is 1. The molecule has 1 heterocycles. The molecule has 0 aliphatic rings. The Morgan fingerprint density at radius 2 is 2.04 bits per heavy atom. The molecule has 4 nitrogen and oxygen atoms in total. The third-order valence-corrected chi connectivity index (χ3v) is 5.15. The number of guanidine groups is 1. The zero-order valence-corrected chi connectivity index (χ0v) is 15.8. The summed E-state index contributed by atoms with van der Waals surface area (Å²) in [7, 11) is 3.86. The zero-order valence-electron chi connectivity index (χ0n) is 14.2. The molecule has 0 aliphatic heterocycles. The van der Waals surface area contributed by atoms with Gasteiger partial charge in [-0.25, -0.2) is 4.98 Å². The average molecular weight is 349 g/mol. The standard InChI is InChI=1S/C17H24N4S2/c1-13-5-7-16(8-6-13)22-10-9-19-17(18-3)21(4)11-15-12-23-14(2)20-15/h5-8,12H,9-11H2,1-4H3,(H,18,19). The summed E-state index contributed by atoms with van der Waals surface area (Å²) >= 11 is 3.54. The van der Waals surface area contributed by atoms with E-state index in [2.05, 4.69) is 56.8 Å². The van der Waals surface area contributed by atoms with Gasteiger partial charge in [-0.05, 0) is 26.0 Å². The molecule has 1 aromatic carbocycles. The van der Waals surface area contributed by atoms with Crippen molar-refractivity contribution in [2.45, 2.75) is 25.3 Å². The predicted octanol–water partition coefficient (Wildman–Crippen LogP) is 3.56. The number of hydrogen-bond acceptors (Lipinski definition) is 4. The zero-order chi connectivity index (χ0) is 16.7. The number of nitrogens with one attached hydrogen (secondary N) is 1. The van der Waals surface area contributed by atoms with Gasteiger partial charge in [-0.3, -0.25) is 4.99 Å². The van der Waals surface area contributed by atoms with Gasteiger partial charge < -0.3 is 10.2 Å². The molecule has 6 heteroatoms. The lowest BCUT2D eigenvalue weighted by molar-refractivity contribution is 0.473. The summed E-state index contributed by atoms with van der Waals surface area (Å²) in [5, 5.41) is 6.61. The maximum absolute atomic E-state index is 4.50. The number of aliphatic imine (C=N–C) groups is 1. The van der Waals surface area contributed by atoms with Crippen molar-refractivity contribution in [1.82, 2.24) is 15.2 Å². The Labute approximate surface area is 147 Å². The fourth-order valence-corrected chi connectivity index (χ4v) is 3.52. The first-order chi connectivity index (χ1) is 11.1. The van der Waals surface area contributed by atoms with E-state index in [4.69, 9.17) is 0 Å². The van der Waals surface area contributed by atoms with Crippen LogP contribution in [-0.4, -0.2) is 42.2 Å². The van der Waals surface area contributed by atoms with E-state index >= 15 is 0 Å². The molecule has 124 valence electrons. The molecule has 0 atom stereocenters. The number of aryl methyl sites for hydroxylation is 2. The first kappa shape index (κ1) is 17.8. The number of hydrogen-bond donors (Lipinski definition) is 1. The molecule has 1 aromatic heterocycles. The van der Waals surface area contributed by atoms with Gasteiger partial charge in [-0.15, -0.1) is 23.1 Å². The van der Waals surface area contributed by atoms with Crippen molar-refractivity contribution in [2.75, 3.05) is 26.4 Å². The monoisotopic (exact) mass is 348 g/mol. The predicted molar refractivity (Wildman–Crippen MR) is 102 cm³/mol. The smallest absolute Gasteiger partial charge is 0.193 e. The highest BCUT2D eigenvalue weighted by atomic mass is 32.2. The van der Waals surface area contributed by atoms with Crippen LogP contribution in [0.4, 0.5) is 0 Å². The second-order valence-corrected chi connectivity index (χ2v) is 7.58. The third-order valence-electron chi connectivity index (χ3n) is 3.31. The van der Waals surface area contributed by atoms with E-state index < -0.39 is 0 Å². The quantitative estimate of drug-likeness (QED) is 0.375. The van der Waals surface area contributed by atoms with Crippen LogP contribution in [0.3, 0.4) is 0 Å². The van der Waals surface area contributed by atoms with Crippen LogP contribution < -0.4 is 5.32 Å². The van der Waals surface area contributed by atoms with Gasteiger partial charge in [-0.1, -0.05) is 17.7 Å². The van der Waals surface area contributed by atoms with Gasteiger partial charge in [0.2, 0.25) is 0 Å². The normalized spacial score (nSPS) is 11.6. The largest absolute Gasteiger partial charge is 0.355 e. The molecule has 1 N–H and O–H groups in total. The number of thioether (sulfide) groups is 1. The summed E-state index contributed by atoms with van der Waals surface area (Å²) in [5.74, 6) is 1.91. The number of benzene rings is 1. The summed E-state index contributed by atoms with van der Waals surface area (Å²) in [6.45, 7) is 5.80. The van der Waals surface area contributed by atoms with Crippen LogP contribution in [0.15, 0.2) is 39.5 Å². The minimum absolute atomic E-state index is 0.773. The fourth-order valence-electron chi connectivity index (χ4n) is 2.15. The summed E-state index contributed by atoms with van der Waals surface area (Å²) in [4.78, 5) is 12.3. The Balaban J connectivity index is 1.75. The lowest BCUT2D eigenvalue weighted by Gasteiger charge is -2.21. The van der Waals surface area contributed by atoms with E-state index in [9.17, 15) is 0 Å². The van der Waals surface area contributed by atoms with Gasteiger partial charge in [0.1, 0.15) is 0 Å². The summed E-state index contributed by atoms with van der Waals surface area (Å²) in [5.41, 5.74) is 2.39. The van der Waals surface area contributed by atoms with Crippen LogP contribution in [0, 0.1) is 13.8 Å². The molecule has 0 spiro atoms. The number of nitrogens with zero attached hydrogens (tertiary/aromatic N) is 3. The first-order valence-corrected chi connectivity index (χ1v) is 9.47. The van der Waals surface area contributed by atoms with Gasteiger partial charge >= 0.3 is 0 Å². The second kappa shape index (κ2) is 8.93.